The molecule has 42 heavy (non-hydrogen) atoms. The lowest BCUT2D eigenvalue weighted by molar-refractivity contribution is -0.137. The predicted octanol–water partition coefficient (Wildman–Crippen LogP) is 3.84. The van der Waals surface area contributed by atoms with E-state index in [-0.39, 0.29) is 60.8 Å². The lowest BCUT2D eigenvalue weighted by atomic mass is 10.0. The number of halogens is 2. The molecule has 11 nitrogen and oxygen atoms in total. The number of amides is 3. The first-order valence-electron chi connectivity index (χ1n) is 12.9. The summed E-state index contributed by atoms with van der Waals surface area (Å²) < 4.78 is 55.3. The SMILES string of the molecule is C[SH](O)(Cc1cc2nc(c1)OCCCOc1cc(F)ccc1-c1cc(ncc1F)N2)=NC(=O)CCN1C(=O)C=CC1=O. The Labute approximate surface area is 240 Å². The highest BCUT2D eigenvalue weighted by molar-refractivity contribution is 7.98. The second-order valence-electron chi connectivity index (χ2n) is 9.72. The van der Waals surface area contributed by atoms with E-state index in [1.165, 1.54) is 30.5 Å². The van der Waals surface area contributed by atoms with Crippen LogP contribution >= 0.6 is 0 Å². The van der Waals surface area contributed by atoms with Crippen LogP contribution in [0.4, 0.5) is 20.4 Å². The Morgan fingerprint density at radius 2 is 1.83 bits per heavy atom. The average Bonchev–Trinajstić information content (AvgIpc) is 3.24. The number of anilines is 2. The van der Waals surface area contributed by atoms with Gasteiger partial charge in [-0.05, 0) is 36.1 Å². The van der Waals surface area contributed by atoms with Crippen LogP contribution in [0.1, 0.15) is 18.4 Å². The van der Waals surface area contributed by atoms with Crippen LogP contribution in [0.15, 0.2) is 59.1 Å². The van der Waals surface area contributed by atoms with Crippen molar-refractivity contribution >= 4 is 39.5 Å². The quantitative estimate of drug-likeness (QED) is 0.294. The molecule has 2 aliphatic heterocycles. The third kappa shape index (κ3) is 7.01. The lowest BCUT2D eigenvalue weighted by Crippen LogP contribution is -2.32. The number of nitrogens with zero attached hydrogens (tertiary/aromatic N) is 4. The van der Waals surface area contributed by atoms with Crippen molar-refractivity contribution in [3.05, 3.63) is 71.9 Å². The Morgan fingerprint density at radius 3 is 2.62 bits per heavy atom. The van der Waals surface area contributed by atoms with E-state index in [1.807, 2.05) is 0 Å². The molecule has 0 fully saturated rings. The van der Waals surface area contributed by atoms with Gasteiger partial charge in [-0.25, -0.2) is 13.8 Å². The summed E-state index contributed by atoms with van der Waals surface area (Å²) in [5.41, 5.74) is 1.05. The monoisotopic (exact) mass is 599 g/mol. The molecule has 3 aromatic rings. The highest BCUT2D eigenvalue weighted by Crippen LogP contribution is 2.34. The van der Waals surface area contributed by atoms with Gasteiger partial charge in [0.25, 0.3) is 17.7 Å². The van der Waals surface area contributed by atoms with Gasteiger partial charge in [-0.1, -0.05) is 0 Å². The van der Waals surface area contributed by atoms with Gasteiger partial charge in [-0.15, -0.1) is 10.1 Å². The van der Waals surface area contributed by atoms with Crippen molar-refractivity contribution in [2.45, 2.75) is 18.6 Å². The van der Waals surface area contributed by atoms with Gasteiger partial charge >= 0.3 is 0 Å². The highest BCUT2D eigenvalue weighted by Gasteiger charge is 2.24. The second kappa shape index (κ2) is 12.1. The zero-order chi connectivity index (χ0) is 29.9. The van der Waals surface area contributed by atoms with Crippen molar-refractivity contribution in [1.82, 2.24) is 14.9 Å². The smallest absolute Gasteiger partial charge is 0.253 e. The van der Waals surface area contributed by atoms with E-state index < -0.39 is 39.5 Å². The number of pyridine rings is 2. The summed E-state index contributed by atoms with van der Waals surface area (Å²) in [6, 6.07) is 8.51. The number of hydrogen-bond donors (Lipinski definition) is 3. The molecule has 4 heterocycles. The number of carbonyl (C=O) groups is 3. The van der Waals surface area contributed by atoms with Crippen molar-refractivity contribution in [2.75, 3.05) is 31.3 Å². The van der Waals surface area contributed by atoms with Crippen LogP contribution < -0.4 is 14.8 Å². The van der Waals surface area contributed by atoms with E-state index in [9.17, 15) is 27.7 Å². The number of imide groups is 1. The molecule has 0 aliphatic carbocycles. The molecule has 0 radical (unpaired) electrons. The number of rotatable bonds is 5. The molecule has 14 heteroatoms. The maximum atomic E-state index is 14.8. The van der Waals surface area contributed by atoms with Crippen LogP contribution in [0, 0.1) is 11.6 Å². The molecule has 0 atom stereocenters. The molecule has 220 valence electrons. The number of nitrogens with one attached hydrogen (secondary N) is 1. The van der Waals surface area contributed by atoms with Crippen LogP contribution in [0.2, 0.25) is 0 Å². The molecule has 5 rings (SSSR count). The van der Waals surface area contributed by atoms with E-state index in [1.54, 1.807) is 12.1 Å². The second-order valence-corrected chi connectivity index (χ2v) is 12.4. The number of thiol groups is 1. The van der Waals surface area contributed by atoms with Gasteiger partial charge in [0, 0.05) is 60.6 Å². The molecular formula is C28H27F2N5O6S. The van der Waals surface area contributed by atoms with Crippen molar-refractivity contribution in [2.24, 2.45) is 4.36 Å². The van der Waals surface area contributed by atoms with Gasteiger partial charge in [0.15, 0.2) is 0 Å². The Bertz CT molecular complexity index is 1640. The molecule has 2 aliphatic rings. The normalized spacial score (nSPS) is 15.2. The van der Waals surface area contributed by atoms with Crippen LogP contribution in [0.25, 0.3) is 11.1 Å². The maximum Gasteiger partial charge on any atom is 0.253 e. The number of benzene rings is 1. The number of carbonyl (C=O) groups excluding carboxylic acids is 3. The fraction of sp³-hybridized carbons (Fsp3) is 0.250. The number of aromatic nitrogens is 2. The summed E-state index contributed by atoms with van der Waals surface area (Å²) in [6.07, 6.45) is 4.93. The maximum absolute atomic E-state index is 14.8. The van der Waals surface area contributed by atoms with Crippen molar-refractivity contribution in [3.63, 3.8) is 0 Å². The summed E-state index contributed by atoms with van der Waals surface area (Å²) in [7, 11) is -3.17. The van der Waals surface area contributed by atoms with Crippen molar-refractivity contribution in [3.8, 4) is 22.8 Å². The van der Waals surface area contributed by atoms with Gasteiger partial charge in [0.05, 0.1) is 19.4 Å². The van der Waals surface area contributed by atoms with Crippen LogP contribution in [-0.4, -0.2) is 63.2 Å². The largest absolute Gasteiger partial charge is 0.493 e. The first-order chi connectivity index (χ1) is 20.1. The zero-order valence-corrected chi connectivity index (χ0v) is 23.3. The molecule has 0 unspecified atom stereocenters. The summed E-state index contributed by atoms with van der Waals surface area (Å²) in [4.78, 5) is 45.3. The minimum Gasteiger partial charge on any atom is -0.493 e. The fourth-order valence-electron chi connectivity index (χ4n) is 4.42. The molecule has 2 N–H and O–H groups in total. The minimum atomic E-state index is -3.17. The molecule has 4 bridgehead atoms. The molecule has 0 saturated heterocycles. The van der Waals surface area contributed by atoms with Gasteiger partial charge in [0.2, 0.25) is 5.88 Å². The predicted molar refractivity (Wildman–Crippen MR) is 152 cm³/mol. The van der Waals surface area contributed by atoms with Crippen molar-refractivity contribution in [1.29, 1.82) is 0 Å². The lowest BCUT2D eigenvalue weighted by Gasteiger charge is -2.20. The van der Waals surface area contributed by atoms with Crippen molar-refractivity contribution < 1.29 is 37.2 Å². The van der Waals surface area contributed by atoms with Gasteiger partial charge in [0.1, 0.15) is 29.0 Å². The molecule has 2 aromatic heterocycles. The molecule has 1 aromatic carbocycles. The summed E-state index contributed by atoms with van der Waals surface area (Å²) in [5, 5.41) is 3.01. The highest BCUT2D eigenvalue weighted by atomic mass is 32.3. The van der Waals surface area contributed by atoms with Gasteiger partial charge < -0.3 is 19.3 Å². The third-order valence-electron chi connectivity index (χ3n) is 6.26. The van der Waals surface area contributed by atoms with E-state index in [2.05, 4.69) is 19.6 Å². The van der Waals surface area contributed by atoms with E-state index in [0.717, 1.165) is 23.2 Å². The number of fused-ring (bicyclic) bond motifs is 6. The van der Waals surface area contributed by atoms with Crippen LogP contribution in [0.5, 0.6) is 11.6 Å². The Balaban J connectivity index is 1.39. The number of hydrogen-bond acceptors (Lipinski definition) is 8. The molecule has 0 saturated carbocycles. The Morgan fingerprint density at radius 1 is 1.07 bits per heavy atom. The Kier molecular flexibility index (Phi) is 8.36. The summed E-state index contributed by atoms with van der Waals surface area (Å²) in [5.74, 6) is -1.88. The first-order valence-corrected chi connectivity index (χ1v) is 15.3. The first kappa shape index (κ1) is 29.0. The topological polar surface area (TPSA) is 143 Å². The van der Waals surface area contributed by atoms with Crippen LogP contribution in [-0.2, 0) is 30.2 Å². The third-order valence-corrected chi connectivity index (χ3v) is 7.88. The van der Waals surface area contributed by atoms with E-state index in [4.69, 9.17) is 9.47 Å². The summed E-state index contributed by atoms with van der Waals surface area (Å²) in [6.45, 7) is 0.215. The standard InChI is InChI=1S/C28H27F2N5O6S/c1-42(39,34-25(36)7-8-35-27(37)5-6-28(35)38)16-17-11-24-32-23-14-20(21(30)15-31-23)19-4-3-18(29)13-22(19)40-9-2-10-41-26(12-17)33-24/h3-6,11-15,42H,2,7-10,16H2,1H3,(H,31,32,33)(H,34,36,39). The summed E-state index contributed by atoms with van der Waals surface area (Å²) >= 11 is 0. The van der Waals surface area contributed by atoms with E-state index >= 15 is 0 Å². The van der Waals surface area contributed by atoms with Gasteiger partial charge in [-0.2, -0.15) is 9.35 Å². The minimum absolute atomic E-state index is 0.000419. The van der Waals surface area contributed by atoms with Crippen LogP contribution in [0.3, 0.4) is 0 Å². The molecule has 3 amide bonds. The van der Waals surface area contributed by atoms with E-state index in [0.29, 0.717) is 17.5 Å². The zero-order valence-electron chi connectivity index (χ0n) is 22.4. The number of ether oxygens (including phenoxy) is 2. The molecular weight excluding hydrogens is 572 g/mol. The average molecular weight is 600 g/mol. The fourth-order valence-corrected chi connectivity index (χ4v) is 5.95. The Hall–Kier alpha value is -4.56. The molecule has 0 spiro atoms. The van der Waals surface area contributed by atoms with Gasteiger partial charge in [-0.3, -0.25) is 19.3 Å².